The molecule has 1 saturated carbocycles. The van der Waals surface area contributed by atoms with Crippen molar-refractivity contribution in [3.8, 4) is 5.75 Å². The fourth-order valence-electron chi connectivity index (χ4n) is 3.61. The molecule has 2 unspecified atom stereocenters. The Hall–Kier alpha value is -1.23. The van der Waals surface area contributed by atoms with Gasteiger partial charge in [0.25, 0.3) is 0 Å². The van der Waals surface area contributed by atoms with E-state index >= 15 is 0 Å². The van der Waals surface area contributed by atoms with E-state index in [0.29, 0.717) is 19.4 Å². The maximum absolute atomic E-state index is 13.1. The first-order chi connectivity index (χ1) is 9.90. The lowest BCUT2D eigenvalue weighted by Crippen LogP contribution is -2.45. The summed E-state index contributed by atoms with van der Waals surface area (Å²) in [7, 11) is 0. The second-order valence-corrected chi connectivity index (χ2v) is 6.24. The van der Waals surface area contributed by atoms with E-state index in [1.165, 1.54) is 0 Å². The lowest BCUT2D eigenvalue weighted by molar-refractivity contribution is -0.187. The van der Waals surface area contributed by atoms with Crippen LogP contribution in [0.1, 0.15) is 43.2 Å². The number of fused-ring (bicyclic) bond motifs is 1. The molecule has 1 fully saturated rings. The van der Waals surface area contributed by atoms with E-state index in [-0.39, 0.29) is 12.8 Å². The molecule has 1 aromatic carbocycles. The first-order valence-corrected chi connectivity index (χ1v) is 7.51. The molecule has 116 valence electrons. The molecule has 3 rings (SSSR count). The zero-order chi connectivity index (χ0) is 15.1. The van der Waals surface area contributed by atoms with Gasteiger partial charge in [-0.25, -0.2) is 0 Å². The molecule has 2 N–H and O–H groups in total. The van der Waals surface area contributed by atoms with E-state index in [1.54, 1.807) is 0 Å². The standard InChI is InChI=1S/C16H20F3NO/c17-16(18,19)12-6-2-8-15(20,10-12)13-7-1-4-11-5-3-9-21-14(11)13/h1,4,7,12H,2-3,5-6,8-10,20H2. The van der Waals surface area contributed by atoms with Crippen LogP contribution < -0.4 is 10.5 Å². The molecule has 5 heteroatoms. The van der Waals surface area contributed by atoms with Gasteiger partial charge in [0.1, 0.15) is 5.75 Å². The van der Waals surface area contributed by atoms with E-state index in [0.717, 1.165) is 29.7 Å². The highest BCUT2D eigenvalue weighted by Gasteiger charge is 2.47. The highest BCUT2D eigenvalue weighted by molar-refractivity contribution is 5.46. The minimum Gasteiger partial charge on any atom is -0.493 e. The van der Waals surface area contributed by atoms with Crippen molar-refractivity contribution in [2.24, 2.45) is 11.7 Å². The highest BCUT2D eigenvalue weighted by Crippen LogP contribution is 2.47. The van der Waals surface area contributed by atoms with Gasteiger partial charge in [-0.2, -0.15) is 13.2 Å². The smallest absolute Gasteiger partial charge is 0.391 e. The molecule has 0 aromatic heterocycles. The monoisotopic (exact) mass is 299 g/mol. The Kier molecular flexibility index (Phi) is 3.64. The van der Waals surface area contributed by atoms with Gasteiger partial charge in [-0.05, 0) is 37.7 Å². The van der Waals surface area contributed by atoms with E-state index in [2.05, 4.69) is 0 Å². The van der Waals surface area contributed by atoms with Gasteiger partial charge in [-0.1, -0.05) is 24.6 Å². The van der Waals surface area contributed by atoms with Crippen molar-refractivity contribution in [2.45, 2.75) is 50.2 Å². The Bertz CT molecular complexity index is 529. The summed E-state index contributed by atoms with van der Waals surface area (Å²) in [5.74, 6) is -0.579. The highest BCUT2D eigenvalue weighted by atomic mass is 19.4. The predicted molar refractivity (Wildman–Crippen MR) is 74.1 cm³/mol. The van der Waals surface area contributed by atoms with E-state index in [9.17, 15) is 13.2 Å². The molecule has 1 heterocycles. The minimum absolute atomic E-state index is 0.0453. The van der Waals surface area contributed by atoms with Crippen LogP contribution in [0.2, 0.25) is 0 Å². The Labute approximate surface area is 122 Å². The molecule has 1 aromatic rings. The van der Waals surface area contributed by atoms with Crippen LogP contribution >= 0.6 is 0 Å². The van der Waals surface area contributed by atoms with Gasteiger partial charge in [-0.3, -0.25) is 0 Å². The molecule has 0 spiro atoms. The Morgan fingerprint density at radius 1 is 1.24 bits per heavy atom. The molecule has 0 amide bonds. The van der Waals surface area contributed by atoms with Crippen molar-refractivity contribution in [2.75, 3.05) is 6.61 Å². The molecule has 2 nitrogen and oxygen atoms in total. The summed E-state index contributed by atoms with van der Waals surface area (Å²) in [6.07, 6.45) is -1.10. The zero-order valence-corrected chi connectivity index (χ0v) is 11.9. The topological polar surface area (TPSA) is 35.2 Å². The molecule has 1 aliphatic carbocycles. The van der Waals surface area contributed by atoms with Crippen molar-refractivity contribution >= 4 is 0 Å². The maximum Gasteiger partial charge on any atom is 0.391 e. The predicted octanol–water partition coefficient (Wildman–Crippen LogP) is 3.92. The fourth-order valence-corrected chi connectivity index (χ4v) is 3.61. The number of alkyl halides is 3. The Morgan fingerprint density at radius 3 is 2.81 bits per heavy atom. The quantitative estimate of drug-likeness (QED) is 0.853. The van der Waals surface area contributed by atoms with Crippen LogP contribution in [0.5, 0.6) is 5.75 Å². The van der Waals surface area contributed by atoms with Gasteiger partial charge in [0.15, 0.2) is 0 Å². The number of benzene rings is 1. The number of hydrogen-bond acceptors (Lipinski definition) is 2. The van der Waals surface area contributed by atoms with Crippen LogP contribution in [0.4, 0.5) is 13.2 Å². The summed E-state index contributed by atoms with van der Waals surface area (Å²) in [6, 6.07) is 5.70. The summed E-state index contributed by atoms with van der Waals surface area (Å²) in [5.41, 5.74) is 7.31. The van der Waals surface area contributed by atoms with Crippen molar-refractivity contribution in [3.63, 3.8) is 0 Å². The van der Waals surface area contributed by atoms with Gasteiger partial charge in [0.2, 0.25) is 0 Å². The van der Waals surface area contributed by atoms with Crippen LogP contribution in [0.3, 0.4) is 0 Å². The van der Waals surface area contributed by atoms with Crippen molar-refractivity contribution < 1.29 is 17.9 Å². The number of ether oxygens (including phenoxy) is 1. The average Bonchev–Trinajstić information content (AvgIpc) is 2.46. The molecular weight excluding hydrogens is 279 g/mol. The van der Waals surface area contributed by atoms with E-state index < -0.39 is 17.6 Å². The average molecular weight is 299 g/mol. The van der Waals surface area contributed by atoms with Gasteiger partial charge in [0.05, 0.1) is 12.5 Å². The largest absolute Gasteiger partial charge is 0.493 e. The van der Waals surface area contributed by atoms with Crippen molar-refractivity contribution in [1.29, 1.82) is 0 Å². The summed E-state index contributed by atoms with van der Waals surface area (Å²) >= 11 is 0. The molecule has 2 atom stereocenters. The molecular formula is C16H20F3NO. The van der Waals surface area contributed by atoms with Gasteiger partial charge in [-0.15, -0.1) is 0 Å². The van der Waals surface area contributed by atoms with Gasteiger partial charge >= 0.3 is 6.18 Å². The second-order valence-electron chi connectivity index (χ2n) is 6.24. The summed E-state index contributed by atoms with van der Waals surface area (Å²) < 4.78 is 44.9. The Morgan fingerprint density at radius 2 is 2.05 bits per heavy atom. The van der Waals surface area contributed by atoms with Crippen molar-refractivity contribution in [3.05, 3.63) is 29.3 Å². The first-order valence-electron chi connectivity index (χ1n) is 7.51. The normalized spacial score (nSPS) is 29.6. The van der Waals surface area contributed by atoms with E-state index in [4.69, 9.17) is 10.5 Å². The summed E-state index contributed by atoms with van der Waals surface area (Å²) in [6.45, 7) is 0.614. The lowest BCUT2D eigenvalue weighted by Gasteiger charge is -2.40. The number of nitrogens with two attached hydrogens (primary N) is 1. The zero-order valence-electron chi connectivity index (χ0n) is 11.9. The number of hydrogen-bond donors (Lipinski definition) is 1. The first kappa shape index (κ1) is 14.7. The van der Waals surface area contributed by atoms with E-state index in [1.807, 2.05) is 18.2 Å². The summed E-state index contributed by atoms with van der Waals surface area (Å²) in [4.78, 5) is 0. The van der Waals surface area contributed by atoms with Crippen LogP contribution in [0, 0.1) is 5.92 Å². The SMILES string of the molecule is NC1(c2cccc3c2OCCC3)CCCC(C(F)(F)F)C1. The second kappa shape index (κ2) is 5.20. The van der Waals surface area contributed by atoms with Gasteiger partial charge < -0.3 is 10.5 Å². The van der Waals surface area contributed by atoms with Crippen LogP contribution in [-0.2, 0) is 12.0 Å². The summed E-state index contributed by atoms with van der Waals surface area (Å²) in [5, 5.41) is 0. The Balaban J connectivity index is 1.95. The number of aryl methyl sites for hydroxylation is 1. The molecule has 0 bridgehead atoms. The molecule has 0 radical (unpaired) electrons. The third kappa shape index (κ3) is 2.76. The molecule has 2 aliphatic rings. The number of para-hydroxylation sites is 1. The minimum atomic E-state index is -4.17. The molecule has 21 heavy (non-hydrogen) atoms. The molecule has 1 aliphatic heterocycles. The lowest BCUT2D eigenvalue weighted by atomic mass is 9.71. The number of rotatable bonds is 1. The van der Waals surface area contributed by atoms with Crippen molar-refractivity contribution in [1.82, 2.24) is 0 Å². The third-order valence-electron chi connectivity index (χ3n) is 4.72. The molecule has 0 saturated heterocycles. The van der Waals surface area contributed by atoms with Gasteiger partial charge in [0, 0.05) is 11.1 Å². The maximum atomic E-state index is 13.1. The van der Waals surface area contributed by atoms with Crippen LogP contribution in [-0.4, -0.2) is 12.8 Å². The van der Waals surface area contributed by atoms with Crippen LogP contribution in [0.25, 0.3) is 0 Å². The number of halogens is 3. The third-order valence-corrected chi connectivity index (χ3v) is 4.72. The fraction of sp³-hybridized carbons (Fsp3) is 0.625. The van der Waals surface area contributed by atoms with Crippen LogP contribution in [0.15, 0.2) is 18.2 Å².